The molecule has 158 valence electrons. The summed E-state index contributed by atoms with van der Waals surface area (Å²) < 4.78 is 5.70. The Kier molecular flexibility index (Phi) is 4.87. The van der Waals surface area contributed by atoms with Gasteiger partial charge in [-0.15, -0.1) is 0 Å². The van der Waals surface area contributed by atoms with Gasteiger partial charge in [0.2, 0.25) is 5.91 Å². The summed E-state index contributed by atoms with van der Waals surface area (Å²) in [5.41, 5.74) is 0.318. The summed E-state index contributed by atoms with van der Waals surface area (Å²) in [4.78, 5) is 27.4. The number of hydrogen-bond donors (Lipinski definition) is 0. The average molecular weight is 390 g/mol. The molecule has 1 saturated heterocycles. The van der Waals surface area contributed by atoms with Crippen molar-refractivity contribution in [1.82, 2.24) is 4.90 Å². The van der Waals surface area contributed by atoms with Crippen LogP contribution in [0.3, 0.4) is 0 Å². The van der Waals surface area contributed by atoms with Gasteiger partial charge in [0.15, 0.2) is 0 Å². The Bertz CT molecular complexity index is 660. The Hall–Kier alpha value is -1.06. The lowest BCUT2D eigenvalue weighted by atomic mass is 9.47. The summed E-state index contributed by atoms with van der Waals surface area (Å²) >= 11 is 0. The standard InChI is InChI=1S/C24H39NO3/c1-14(2)28-22(27)21-15(3)13-18-16-7-8-19-23(4,12-10-20(26)25(19)6)17(16)9-11-24(18,21)5/h14-19,21H,7-13H2,1-6H3/t15-,16+,17-,18-,19+,21?,23+,24-/m0/s1. The van der Waals surface area contributed by atoms with Gasteiger partial charge in [-0.25, -0.2) is 0 Å². The van der Waals surface area contributed by atoms with Crippen molar-refractivity contribution in [2.24, 2.45) is 40.4 Å². The lowest BCUT2D eigenvalue weighted by Gasteiger charge is -2.61. The van der Waals surface area contributed by atoms with Crippen LogP contribution in [-0.4, -0.2) is 36.0 Å². The van der Waals surface area contributed by atoms with Crippen LogP contribution in [0.15, 0.2) is 0 Å². The van der Waals surface area contributed by atoms with Crippen molar-refractivity contribution in [2.45, 2.75) is 91.7 Å². The Morgan fingerprint density at radius 2 is 1.82 bits per heavy atom. The number of amides is 1. The maximum absolute atomic E-state index is 13.0. The monoisotopic (exact) mass is 389 g/mol. The minimum atomic E-state index is -0.0386. The number of carbonyl (C=O) groups is 2. The molecule has 0 aromatic heterocycles. The van der Waals surface area contributed by atoms with Crippen LogP contribution in [0.25, 0.3) is 0 Å². The zero-order valence-corrected chi connectivity index (χ0v) is 18.7. The molecule has 3 saturated carbocycles. The molecule has 1 heterocycles. The molecule has 0 bridgehead atoms. The van der Waals surface area contributed by atoms with E-state index in [4.69, 9.17) is 4.74 Å². The third-order valence-electron chi connectivity index (χ3n) is 9.51. The molecule has 0 spiro atoms. The van der Waals surface area contributed by atoms with E-state index in [1.54, 1.807) is 0 Å². The molecule has 3 aliphatic carbocycles. The van der Waals surface area contributed by atoms with Crippen LogP contribution < -0.4 is 0 Å². The number of nitrogens with zero attached hydrogens (tertiary/aromatic N) is 1. The quantitative estimate of drug-likeness (QED) is 0.645. The molecule has 1 aliphatic heterocycles. The van der Waals surface area contributed by atoms with Crippen LogP contribution in [0.4, 0.5) is 0 Å². The van der Waals surface area contributed by atoms with Crippen molar-refractivity contribution < 1.29 is 14.3 Å². The van der Waals surface area contributed by atoms with Gasteiger partial charge in [-0.1, -0.05) is 20.8 Å². The highest BCUT2D eigenvalue weighted by Crippen LogP contribution is 2.67. The zero-order valence-electron chi connectivity index (χ0n) is 18.7. The fraction of sp³-hybridized carbons (Fsp3) is 0.917. The molecule has 4 rings (SSSR count). The third-order valence-corrected chi connectivity index (χ3v) is 9.51. The lowest BCUT2D eigenvalue weighted by molar-refractivity contribution is -0.168. The van der Waals surface area contributed by atoms with E-state index in [1.807, 2.05) is 20.9 Å². The topological polar surface area (TPSA) is 46.6 Å². The second kappa shape index (κ2) is 6.74. The number of fused-ring (bicyclic) bond motifs is 5. The van der Waals surface area contributed by atoms with Crippen LogP contribution in [0.1, 0.15) is 79.6 Å². The van der Waals surface area contributed by atoms with Crippen molar-refractivity contribution in [3.8, 4) is 0 Å². The molecule has 4 fully saturated rings. The van der Waals surface area contributed by atoms with E-state index in [0.29, 0.717) is 42.0 Å². The molecule has 4 aliphatic rings. The predicted octanol–water partition coefficient (Wildman–Crippen LogP) is 4.66. The number of esters is 1. The van der Waals surface area contributed by atoms with Crippen molar-refractivity contribution >= 4 is 11.9 Å². The number of hydrogen-bond acceptors (Lipinski definition) is 3. The summed E-state index contributed by atoms with van der Waals surface area (Å²) in [6.07, 6.45) is 7.53. The Morgan fingerprint density at radius 1 is 1.11 bits per heavy atom. The zero-order chi connectivity index (χ0) is 20.4. The van der Waals surface area contributed by atoms with E-state index in [1.165, 1.54) is 12.8 Å². The van der Waals surface area contributed by atoms with Crippen LogP contribution in [0.5, 0.6) is 0 Å². The second-order valence-corrected chi connectivity index (χ2v) is 11.2. The van der Waals surface area contributed by atoms with Crippen molar-refractivity contribution in [3.63, 3.8) is 0 Å². The molecule has 0 radical (unpaired) electrons. The number of rotatable bonds is 2. The minimum Gasteiger partial charge on any atom is -0.463 e. The van der Waals surface area contributed by atoms with Gasteiger partial charge in [-0.2, -0.15) is 0 Å². The van der Waals surface area contributed by atoms with E-state index in [2.05, 4.69) is 25.7 Å². The molecule has 0 aromatic rings. The number of carbonyl (C=O) groups excluding carboxylic acids is 2. The Labute approximate surface area is 170 Å². The van der Waals surface area contributed by atoms with Crippen LogP contribution >= 0.6 is 0 Å². The summed E-state index contributed by atoms with van der Waals surface area (Å²) in [6, 6.07) is 0.403. The molecule has 0 aromatic carbocycles. The normalized spacial score (nSPS) is 48.1. The maximum atomic E-state index is 13.0. The summed E-state index contributed by atoms with van der Waals surface area (Å²) in [5.74, 6) is 2.81. The molecule has 1 unspecified atom stereocenters. The maximum Gasteiger partial charge on any atom is 0.310 e. The molecule has 0 N–H and O–H groups in total. The van der Waals surface area contributed by atoms with Crippen LogP contribution in [0, 0.1) is 40.4 Å². The van der Waals surface area contributed by atoms with Gasteiger partial charge >= 0.3 is 5.97 Å². The van der Waals surface area contributed by atoms with Gasteiger partial charge in [-0.3, -0.25) is 9.59 Å². The van der Waals surface area contributed by atoms with Gasteiger partial charge in [-0.05, 0) is 86.9 Å². The summed E-state index contributed by atoms with van der Waals surface area (Å²) in [5, 5.41) is 0. The summed E-state index contributed by atoms with van der Waals surface area (Å²) in [7, 11) is 2.02. The lowest BCUT2D eigenvalue weighted by Crippen LogP contribution is -2.61. The molecule has 28 heavy (non-hydrogen) atoms. The van der Waals surface area contributed by atoms with Gasteiger partial charge < -0.3 is 9.64 Å². The first-order valence-electron chi connectivity index (χ1n) is 11.6. The molecule has 1 amide bonds. The predicted molar refractivity (Wildman–Crippen MR) is 109 cm³/mol. The molecule has 4 nitrogen and oxygen atoms in total. The number of piperidine rings is 1. The van der Waals surface area contributed by atoms with Crippen LogP contribution in [0.2, 0.25) is 0 Å². The second-order valence-electron chi connectivity index (χ2n) is 11.2. The van der Waals surface area contributed by atoms with Gasteiger partial charge in [0.25, 0.3) is 0 Å². The van der Waals surface area contributed by atoms with Crippen molar-refractivity contribution in [3.05, 3.63) is 0 Å². The molecular weight excluding hydrogens is 350 g/mol. The highest BCUT2D eigenvalue weighted by Gasteiger charge is 2.64. The first-order chi connectivity index (χ1) is 13.1. The highest BCUT2D eigenvalue weighted by molar-refractivity contribution is 5.77. The first kappa shape index (κ1) is 20.2. The highest BCUT2D eigenvalue weighted by atomic mass is 16.5. The molecular formula is C24H39NO3. The number of likely N-dealkylation sites (tertiary alicyclic amines) is 1. The van der Waals surface area contributed by atoms with Crippen molar-refractivity contribution in [1.29, 1.82) is 0 Å². The average Bonchev–Trinajstić information content (AvgIpc) is 2.88. The van der Waals surface area contributed by atoms with E-state index in [-0.39, 0.29) is 28.8 Å². The first-order valence-corrected chi connectivity index (χ1v) is 11.6. The number of ether oxygens (including phenoxy) is 1. The Morgan fingerprint density at radius 3 is 2.50 bits per heavy atom. The van der Waals surface area contributed by atoms with E-state index >= 15 is 0 Å². The molecule has 4 heteroatoms. The SMILES string of the molecule is CC(C)OC(=O)C1[C@@H](C)C[C@H]2[C@@H]3CC[C@H]4N(C)C(=O)CC[C@]4(C)[C@H]3CC[C@]12C. The summed E-state index contributed by atoms with van der Waals surface area (Å²) in [6.45, 7) is 11.0. The largest absolute Gasteiger partial charge is 0.463 e. The minimum absolute atomic E-state index is 0.0360. The van der Waals surface area contributed by atoms with Gasteiger partial charge in [0.05, 0.1) is 12.0 Å². The fourth-order valence-corrected chi connectivity index (χ4v) is 8.32. The third kappa shape index (κ3) is 2.76. The van der Waals surface area contributed by atoms with Crippen LogP contribution in [-0.2, 0) is 14.3 Å². The van der Waals surface area contributed by atoms with E-state index < -0.39 is 0 Å². The van der Waals surface area contributed by atoms with Gasteiger partial charge in [0.1, 0.15) is 0 Å². The van der Waals surface area contributed by atoms with E-state index in [9.17, 15) is 9.59 Å². The van der Waals surface area contributed by atoms with Gasteiger partial charge in [0, 0.05) is 19.5 Å². The van der Waals surface area contributed by atoms with E-state index in [0.717, 1.165) is 25.7 Å². The Balaban J connectivity index is 1.61. The molecule has 8 atom stereocenters. The smallest absolute Gasteiger partial charge is 0.310 e. The van der Waals surface area contributed by atoms with Crippen molar-refractivity contribution in [2.75, 3.05) is 7.05 Å². The fourth-order valence-electron chi connectivity index (χ4n) is 8.32.